The van der Waals surface area contributed by atoms with Crippen LogP contribution in [0.2, 0.25) is 0 Å². The highest BCUT2D eigenvalue weighted by Crippen LogP contribution is 2.14. The van der Waals surface area contributed by atoms with Gasteiger partial charge in [-0.1, -0.05) is 62.7 Å². The van der Waals surface area contributed by atoms with Gasteiger partial charge in [-0.05, 0) is 62.8 Å². The van der Waals surface area contributed by atoms with E-state index in [0.717, 1.165) is 16.9 Å². The fourth-order valence-corrected chi connectivity index (χ4v) is 3.90. The predicted octanol–water partition coefficient (Wildman–Crippen LogP) is 5.13. The van der Waals surface area contributed by atoms with E-state index >= 15 is 0 Å². The minimum atomic E-state index is -0.816. The zero-order valence-corrected chi connectivity index (χ0v) is 24.5. The van der Waals surface area contributed by atoms with Gasteiger partial charge in [0.25, 0.3) is 5.91 Å². The Morgan fingerprint density at radius 3 is 2.27 bits per heavy atom. The molecule has 2 aromatic carbocycles. The maximum absolute atomic E-state index is 13.6. The van der Waals surface area contributed by atoms with Crippen LogP contribution >= 0.6 is 0 Å². The number of carbonyl (C=O) groups is 4. The molecule has 9 heteroatoms. The molecule has 0 spiro atoms. The number of rotatable bonds is 13. The van der Waals surface area contributed by atoms with Gasteiger partial charge in [0, 0.05) is 25.8 Å². The Labute approximate surface area is 237 Å². The van der Waals surface area contributed by atoms with E-state index in [1.54, 1.807) is 45.0 Å². The van der Waals surface area contributed by atoms with Crippen LogP contribution < -0.4 is 10.6 Å². The average Bonchev–Trinajstić information content (AvgIpc) is 2.92. The molecule has 0 aromatic heterocycles. The second-order valence-corrected chi connectivity index (χ2v) is 10.9. The van der Waals surface area contributed by atoms with Crippen molar-refractivity contribution < 1.29 is 28.7 Å². The number of hydrogen-bond donors (Lipinski definition) is 2. The summed E-state index contributed by atoms with van der Waals surface area (Å²) in [6, 6.07) is 15.0. The third kappa shape index (κ3) is 11.2. The molecule has 2 aromatic rings. The summed E-state index contributed by atoms with van der Waals surface area (Å²) < 4.78 is 10.3. The number of amides is 4. The Kier molecular flexibility index (Phi) is 12.8. The second-order valence-electron chi connectivity index (χ2n) is 10.9. The smallest absolute Gasteiger partial charge is 0.407 e. The summed E-state index contributed by atoms with van der Waals surface area (Å²) in [5.41, 5.74) is 1.38. The number of alkyl carbamates (subject to hydrolysis) is 1. The molecule has 2 N–H and O–H groups in total. The molecule has 40 heavy (non-hydrogen) atoms. The summed E-state index contributed by atoms with van der Waals surface area (Å²) in [5, 5.41) is 5.47. The Morgan fingerprint density at radius 2 is 1.65 bits per heavy atom. The van der Waals surface area contributed by atoms with Crippen LogP contribution in [0.5, 0.6) is 0 Å². The standard InChI is InChI=1S/C31H43N3O6/c1-7-22(2)20-34(28(36)25-15-11-14-24(18-25)19-32-30(38)40-31(3,4)5)29(37)33-26(27(35)21-39-6)17-16-23-12-9-8-10-13-23/h8-15,18,22,26H,7,16-17,19-21H2,1-6H3,(H,32,38)(H,33,37)/t22?,26-/m0/s1. The molecule has 0 bridgehead atoms. The van der Waals surface area contributed by atoms with Crippen LogP contribution in [0.4, 0.5) is 9.59 Å². The molecule has 0 saturated heterocycles. The fraction of sp³-hybridized carbons (Fsp3) is 0.484. The van der Waals surface area contributed by atoms with E-state index in [-0.39, 0.29) is 31.4 Å². The highest BCUT2D eigenvalue weighted by atomic mass is 16.6. The zero-order chi connectivity index (χ0) is 29.7. The average molecular weight is 554 g/mol. The molecular formula is C31H43N3O6. The Hall–Kier alpha value is -3.72. The summed E-state index contributed by atoms with van der Waals surface area (Å²) >= 11 is 0. The summed E-state index contributed by atoms with van der Waals surface area (Å²) in [6.07, 6.45) is 1.14. The van der Waals surface area contributed by atoms with Crippen LogP contribution in [0, 0.1) is 5.92 Å². The van der Waals surface area contributed by atoms with Gasteiger partial charge in [-0.15, -0.1) is 0 Å². The summed E-state index contributed by atoms with van der Waals surface area (Å²) in [4.78, 5) is 53.1. The number of methoxy groups -OCH3 is 1. The van der Waals surface area contributed by atoms with Crippen molar-refractivity contribution in [2.24, 2.45) is 5.92 Å². The summed E-state index contributed by atoms with van der Waals surface area (Å²) in [7, 11) is 1.43. The maximum atomic E-state index is 13.6. The number of benzene rings is 2. The molecule has 218 valence electrons. The van der Waals surface area contributed by atoms with E-state index < -0.39 is 29.7 Å². The first kappa shape index (κ1) is 32.5. The molecule has 2 atom stereocenters. The third-order valence-corrected chi connectivity index (χ3v) is 6.23. The van der Waals surface area contributed by atoms with Crippen molar-refractivity contribution in [3.8, 4) is 0 Å². The van der Waals surface area contributed by atoms with Gasteiger partial charge < -0.3 is 20.1 Å². The minimum absolute atomic E-state index is 0.0455. The molecule has 0 radical (unpaired) electrons. The first-order chi connectivity index (χ1) is 18.9. The van der Waals surface area contributed by atoms with Gasteiger partial charge in [0.1, 0.15) is 12.2 Å². The lowest BCUT2D eigenvalue weighted by atomic mass is 10.0. The van der Waals surface area contributed by atoms with E-state index in [1.807, 2.05) is 44.2 Å². The number of imide groups is 1. The number of aryl methyl sites for hydroxylation is 1. The van der Waals surface area contributed by atoms with Crippen LogP contribution in [0.1, 0.15) is 68.9 Å². The van der Waals surface area contributed by atoms with E-state index in [0.29, 0.717) is 24.0 Å². The molecule has 0 saturated carbocycles. The third-order valence-electron chi connectivity index (χ3n) is 6.23. The second kappa shape index (κ2) is 15.8. The van der Waals surface area contributed by atoms with Crippen molar-refractivity contribution in [1.29, 1.82) is 0 Å². The molecule has 0 aliphatic rings. The minimum Gasteiger partial charge on any atom is -0.444 e. The van der Waals surface area contributed by atoms with Gasteiger partial charge in [-0.25, -0.2) is 9.59 Å². The maximum Gasteiger partial charge on any atom is 0.407 e. The number of ether oxygens (including phenoxy) is 2. The molecule has 0 aliphatic heterocycles. The number of hydrogen-bond acceptors (Lipinski definition) is 6. The molecular weight excluding hydrogens is 510 g/mol. The van der Waals surface area contributed by atoms with Gasteiger partial charge >= 0.3 is 12.1 Å². The SMILES string of the molecule is CCC(C)CN(C(=O)N[C@@H](CCc1ccccc1)C(=O)COC)C(=O)c1cccc(CNC(=O)OC(C)(C)C)c1. The fourth-order valence-electron chi connectivity index (χ4n) is 3.90. The topological polar surface area (TPSA) is 114 Å². The predicted molar refractivity (Wildman–Crippen MR) is 154 cm³/mol. The zero-order valence-electron chi connectivity index (χ0n) is 24.5. The van der Waals surface area contributed by atoms with Gasteiger partial charge in [0.05, 0.1) is 6.04 Å². The van der Waals surface area contributed by atoms with Crippen LogP contribution in [-0.4, -0.2) is 60.6 Å². The van der Waals surface area contributed by atoms with Crippen molar-refractivity contribution in [3.63, 3.8) is 0 Å². The largest absolute Gasteiger partial charge is 0.444 e. The lowest BCUT2D eigenvalue weighted by molar-refractivity contribution is -0.124. The normalized spacial score (nSPS) is 12.7. The molecule has 9 nitrogen and oxygen atoms in total. The number of nitrogens with zero attached hydrogens (tertiary/aromatic N) is 1. The quantitative estimate of drug-likeness (QED) is 0.356. The number of urea groups is 1. The van der Waals surface area contributed by atoms with E-state index in [9.17, 15) is 19.2 Å². The van der Waals surface area contributed by atoms with E-state index in [2.05, 4.69) is 10.6 Å². The van der Waals surface area contributed by atoms with Gasteiger partial charge in [-0.3, -0.25) is 14.5 Å². The molecule has 0 aliphatic carbocycles. The van der Waals surface area contributed by atoms with Gasteiger partial charge in [-0.2, -0.15) is 0 Å². The Balaban J connectivity index is 2.21. The highest BCUT2D eigenvalue weighted by Gasteiger charge is 2.29. The molecule has 1 unspecified atom stereocenters. The lowest BCUT2D eigenvalue weighted by Crippen LogP contribution is -2.52. The van der Waals surface area contributed by atoms with Gasteiger partial charge in [0.15, 0.2) is 5.78 Å². The lowest BCUT2D eigenvalue weighted by Gasteiger charge is -2.27. The monoisotopic (exact) mass is 553 g/mol. The number of nitrogens with one attached hydrogen (secondary N) is 2. The number of carbonyl (C=O) groups excluding carboxylic acids is 4. The Morgan fingerprint density at radius 1 is 0.975 bits per heavy atom. The van der Waals surface area contributed by atoms with Crippen LogP contribution in [0.25, 0.3) is 0 Å². The molecule has 4 amide bonds. The van der Waals surface area contributed by atoms with Crippen molar-refractivity contribution in [2.45, 2.75) is 72.1 Å². The van der Waals surface area contributed by atoms with Crippen LogP contribution in [-0.2, 0) is 27.2 Å². The van der Waals surface area contributed by atoms with Crippen molar-refractivity contribution in [2.75, 3.05) is 20.3 Å². The van der Waals surface area contributed by atoms with E-state index in [4.69, 9.17) is 9.47 Å². The highest BCUT2D eigenvalue weighted by molar-refractivity contribution is 6.05. The Bertz CT molecular complexity index is 1130. The summed E-state index contributed by atoms with van der Waals surface area (Å²) in [5.74, 6) is -0.708. The van der Waals surface area contributed by atoms with Crippen LogP contribution in [0.3, 0.4) is 0 Å². The molecule has 0 heterocycles. The van der Waals surface area contributed by atoms with Crippen molar-refractivity contribution in [1.82, 2.24) is 15.5 Å². The number of Topliss-reactive ketones (excluding diaryl/α,β-unsaturated/α-hetero) is 1. The summed E-state index contributed by atoms with van der Waals surface area (Å²) in [6.45, 7) is 9.46. The molecule has 2 rings (SSSR count). The van der Waals surface area contributed by atoms with Crippen LogP contribution in [0.15, 0.2) is 54.6 Å². The number of ketones is 1. The van der Waals surface area contributed by atoms with Crippen molar-refractivity contribution >= 4 is 23.8 Å². The molecule has 0 fully saturated rings. The van der Waals surface area contributed by atoms with E-state index in [1.165, 1.54) is 7.11 Å². The van der Waals surface area contributed by atoms with Crippen molar-refractivity contribution in [3.05, 3.63) is 71.3 Å². The first-order valence-corrected chi connectivity index (χ1v) is 13.7. The first-order valence-electron chi connectivity index (χ1n) is 13.7. The van der Waals surface area contributed by atoms with Gasteiger partial charge in [0.2, 0.25) is 0 Å².